The number of amides is 2. The van der Waals surface area contributed by atoms with Crippen LogP contribution in [0.2, 0.25) is 0 Å². The Kier molecular flexibility index (Phi) is 4.27. The van der Waals surface area contributed by atoms with Crippen LogP contribution in [0, 0.1) is 5.92 Å². The van der Waals surface area contributed by atoms with Gasteiger partial charge in [0.1, 0.15) is 6.33 Å². The van der Waals surface area contributed by atoms with Crippen LogP contribution in [0.4, 0.5) is 0 Å². The van der Waals surface area contributed by atoms with Gasteiger partial charge in [-0.15, -0.1) is 5.10 Å². The Morgan fingerprint density at radius 2 is 1.96 bits per heavy atom. The van der Waals surface area contributed by atoms with E-state index in [9.17, 15) is 9.59 Å². The van der Waals surface area contributed by atoms with Crippen molar-refractivity contribution < 1.29 is 9.59 Å². The molecule has 2 aliphatic rings. The number of piperidine rings is 1. The normalized spacial score (nSPS) is 20.2. The maximum atomic E-state index is 12.9. The Hall–Kier alpha value is -2.61. The number of aromatic nitrogens is 4. The predicted molar refractivity (Wildman–Crippen MR) is 88.9 cm³/mol. The second kappa shape index (κ2) is 6.72. The van der Waals surface area contributed by atoms with E-state index in [1.54, 1.807) is 24.3 Å². The number of hydrogen-bond acceptors (Lipinski definition) is 6. The molecule has 25 heavy (non-hydrogen) atoms. The quantitative estimate of drug-likeness (QED) is 0.827. The van der Waals surface area contributed by atoms with Crippen molar-refractivity contribution in [3.63, 3.8) is 0 Å². The molecular weight excluding hydrogens is 320 g/mol. The molecule has 8 nitrogen and oxygen atoms in total. The topological polar surface area (TPSA) is 93.0 Å². The zero-order valence-electron chi connectivity index (χ0n) is 13.8. The van der Waals surface area contributed by atoms with Crippen molar-refractivity contribution in [1.29, 1.82) is 0 Å². The summed E-state index contributed by atoms with van der Waals surface area (Å²) in [6, 6.07) is 7.06. The summed E-state index contributed by atoms with van der Waals surface area (Å²) < 4.78 is 1.52. The molecule has 1 saturated heterocycles. The molecule has 2 aromatic rings. The van der Waals surface area contributed by atoms with E-state index in [2.05, 4.69) is 20.8 Å². The van der Waals surface area contributed by atoms with E-state index in [0.29, 0.717) is 12.1 Å². The van der Waals surface area contributed by atoms with Crippen molar-refractivity contribution in [1.82, 2.24) is 30.4 Å². The van der Waals surface area contributed by atoms with Gasteiger partial charge < -0.3 is 5.32 Å². The highest BCUT2D eigenvalue weighted by molar-refractivity contribution is 6.06. The predicted octanol–water partition coefficient (Wildman–Crippen LogP) is 0.793. The Labute approximate surface area is 145 Å². The van der Waals surface area contributed by atoms with Gasteiger partial charge in [-0.25, -0.2) is 4.68 Å². The van der Waals surface area contributed by atoms with Gasteiger partial charge in [-0.2, -0.15) is 0 Å². The molecule has 2 heterocycles. The third-order valence-electron chi connectivity index (χ3n) is 4.74. The van der Waals surface area contributed by atoms with E-state index in [1.807, 2.05) is 0 Å². The van der Waals surface area contributed by atoms with Crippen LogP contribution >= 0.6 is 0 Å². The Morgan fingerprint density at radius 1 is 1.16 bits per heavy atom. The van der Waals surface area contributed by atoms with Gasteiger partial charge in [-0.3, -0.25) is 14.5 Å². The van der Waals surface area contributed by atoms with E-state index in [4.69, 9.17) is 0 Å². The summed E-state index contributed by atoms with van der Waals surface area (Å²) in [6.45, 7) is 1.60. The molecule has 0 bridgehead atoms. The van der Waals surface area contributed by atoms with Crippen LogP contribution in [-0.2, 0) is 4.79 Å². The fourth-order valence-electron chi connectivity index (χ4n) is 3.21. The van der Waals surface area contributed by atoms with Crippen LogP contribution in [0.3, 0.4) is 0 Å². The number of imide groups is 1. The highest BCUT2D eigenvalue weighted by Crippen LogP contribution is 2.31. The summed E-state index contributed by atoms with van der Waals surface area (Å²) in [5, 5.41) is 14.3. The smallest absolute Gasteiger partial charge is 0.260 e. The third-order valence-corrected chi connectivity index (χ3v) is 4.74. The van der Waals surface area contributed by atoms with Crippen molar-refractivity contribution in [2.75, 3.05) is 13.1 Å². The lowest BCUT2D eigenvalue weighted by Gasteiger charge is -2.28. The Balaban J connectivity index is 1.53. The summed E-state index contributed by atoms with van der Waals surface area (Å²) >= 11 is 0. The number of nitrogens with one attached hydrogen (secondary N) is 1. The van der Waals surface area contributed by atoms with Crippen molar-refractivity contribution in [2.24, 2.45) is 5.92 Å². The summed E-state index contributed by atoms with van der Waals surface area (Å²) in [5.41, 5.74) is 1.28. The fourth-order valence-corrected chi connectivity index (χ4v) is 3.21. The largest absolute Gasteiger partial charge is 0.316 e. The molecular formula is C17H20N6O2. The molecule has 8 heteroatoms. The lowest BCUT2D eigenvalue weighted by Crippen LogP contribution is -2.46. The number of benzene rings is 1. The average molecular weight is 340 g/mol. The minimum atomic E-state index is -0.207. The maximum absolute atomic E-state index is 12.9. The van der Waals surface area contributed by atoms with Crippen LogP contribution in [0.15, 0.2) is 30.6 Å². The average Bonchev–Trinajstić information content (AvgIpc) is 3.34. The van der Waals surface area contributed by atoms with Crippen LogP contribution in [-0.4, -0.2) is 56.1 Å². The van der Waals surface area contributed by atoms with Gasteiger partial charge in [0, 0.05) is 18.2 Å². The summed E-state index contributed by atoms with van der Waals surface area (Å²) in [4.78, 5) is 27.3. The maximum Gasteiger partial charge on any atom is 0.260 e. The molecule has 2 amide bonds. The van der Waals surface area contributed by atoms with Crippen molar-refractivity contribution in [3.8, 4) is 5.69 Å². The lowest BCUT2D eigenvalue weighted by molar-refractivity contribution is -0.133. The molecule has 1 aliphatic heterocycles. The standard InChI is InChI=1S/C17H20N6O2/c24-16(12-3-5-14(6-4-12)22-11-19-20-21-22)23(15-7-8-15)17(25)13-2-1-9-18-10-13/h3-6,11,13,15,18H,1-2,7-10H2. The van der Waals surface area contributed by atoms with E-state index in [0.717, 1.165) is 37.9 Å². The highest BCUT2D eigenvalue weighted by Gasteiger charge is 2.40. The molecule has 4 rings (SSSR count). The number of nitrogens with zero attached hydrogens (tertiary/aromatic N) is 5. The molecule has 1 aromatic carbocycles. The number of rotatable bonds is 4. The van der Waals surface area contributed by atoms with E-state index in [1.165, 1.54) is 15.9 Å². The second-order valence-corrected chi connectivity index (χ2v) is 6.59. The zero-order valence-corrected chi connectivity index (χ0v) is 13.8. The minimum absolute atomic E-state index is 0.0377. The van der Waals surface area contributed by atoms with Gasteiger partial charge in [0.2, 0.25) is 5.91 Å². The first kappa shape index (κ1) is 15.9. The summed E-state index contributed by atoms with van der Waals surface area (Å²) in [6.07, 6.45) is 5.12. The number of carbonyl (C=O) groups is 2. The van der Waals surface area contributed by atoms with Crippen molar-refractivity contribution in [3.05, 3.63) is 36.2 Å². The molecule has 2 fully saturated rings. The molecule has 1 unspecified atom stereocenters. The van der Waals surface area contributed by atoms with Gasteiger partial charge in [-0.05, 0) is 66.9 Å². The van der Waals surface area contributed by atoms with Gasteiger partial charge in [0.25, 0.3) is 5.91 Å². The monoisotopic (exact) mass is 340 g/mol. The van der Waals surface area contributed by atoms with Gasteiger partial charge >= 0.3 is 0 Å². The first-order valence-electron chi connectivity index (χ1n) is 8.65. The first-order chi connectivity index (χ1) is 12.2. The Bertz CT molecular complexity index is 748. The van der Waals surface area contributed by atoms with Crippen LogP contribution in [0.5, 0.6) is 0 Å². The van der Waals surface area contributed by atoms with Crippen molar-refractivity contribution >= 4 is 11.8 Å². The lowest BCUT2D eigenvalue weighted by atomic mass is 9.97. The van der Waals surface area contributed by atoms with Gasteiger partial charge in [-0.1, -0.05) is 0 Å². The molecule has 0 radical (unpaired) electrons. The zero-order chi connectivity index (χ0) is 17.2. The second-order valence-electron chi connectivity index (χ2n) is 6.59. The molecule has 0 spiro atoms. The van der Waals surface area contributed by atoms with E-state index in [-0.39, 0.29) is 23.8 Å². The molecule has 1 atom stereocenters. The highest BCUT2D eigenvalue weighted by atomic mass is 16.2. The SMILES string of the molecule is O=C(c1ccc(-n2cnnn2)cc1)N(C(=O)C1CCCNC1)C1CC1. The number of hydrogen-bond donors (Lipinski definition) is 1. The summed E-state index contributed by atoms with van der Waals surface area (Å²) in [5.74, 6) is -0.343. The van der Waals surface area contributed by atoms with E-state index >= 15 is 0 Å². The molecule has 1 saturated carbocycles. The summed E-state index contributed by atoms with van der Waals surface area (Å²) in [7, 11) is 0. The third kappa shape index (κ3) is 3.30. The molecule has 1 aromatic heterocycles. The molecule has 130 valence electrons. The van der Waals surface area contributed by atoms with E-state index < -0.39 is 0 Å². The van der Waals surface area contributed by atoms with Gasteiger partial charge in [0.15, 0.2) is 0 Å². The molecule has 1 N–H and O–H groups in total. The fraction of sp³-hybridized carbons (Fsp3) is 0.471. The van der Waals surface area contributed by atoms with Crippen LogP contribution in [0.25, 0.3) is 5.69 Å². The molecule has 1 aliphatic carbocycles. The van der Waals surface area contributed by atoms with Crippen molar-refractivity contribution in [2.45, 2.75) is 31.7 Å². The Morgan fingerprint density at radius 3 is 2.56 bits per heavy atom. The number of tetrazole rings is 1. The number of carbonyl (C=O) groups excluding carboxylic acids is 2. The van der Waals surface area contributed by atoms with Gasteiger partial charge in [0.05, 0.1) is 11.6 Å². The minimum Gasteiger partial charge on any atom is -0.316 e. The van der Waals surface area contributed by atoms with Crippen LogP contribution in [0.1, 0.15) is 36.0 Å². The first-order valence-corrected chi connectivity index (χ1v) is 8.65. The van der Waals surface area contributed by atoms with Crippen LogP contribution < -0.4 is 5.32 Å².